The van der Waals surface area contributed by atoms with Crippen molar-refractivity contribution in [3.05, 3.63) is 64.8 Å². The highest BCUT2D eigenvalue weighted by Crippen LogP contribution is 2.21. The molecule has 0 amide bonds. The summed E-state index contributed by atoms with van der Waals surface area (Å²) in [6.07, 6.45) is -1.11. The molecule has 25 heavy (non-hydrogen) atoms. The zero-order valence-corrected chi connectivity index (χ0v) is 14.1. The van der Waals surface area contributed by atoms with Gasteiger partial charge in [-0.25, -0.2) is 4.79 Å². The summed E-state index contributed by atoms with van der Waals surface area (Å²) in [5.41, 5.74) is 1.97. The lowest BCUT2D eigenvalue weighted by Gasteiger charge is -2.07. The third-order valence-corrected chi connectivity index (χ3v) is 3.97. The van der Waals surface area contributed by atoms with Crippen LogP contribution in [0.4, 0.5) is 0 Å². The number of rotatable bonds is 6. The van der Waals surface area contributed by atoms with Gasteiger partial charge >= 0.3 is 5.97 Å². The normalized spacial score (nSPS) is 12.3. The maximum Gasteiger partial charge on any atom is 0.359 e. The Morgan fingerprint density at radius 1 is 1.20 bits per heavy atom. The first-order valence-electron chi connectivity index (χ1n) is 7.74. The highest BCUT2D eigenvalue weighted by molar-refractivity contribution is 6.30. The van der Waals surface area contributed by atoms with Crippen LogP contribution in [0.2, 0.25) is 5.02 Å². The van der Waals surface area contributed by atoms with Crippen LogP contribution < -0.4 is 0 Å². The molecule has 3 aromatic rings. The van der Waals surface area contributed by atoms with Gasteiger partial charge in [-0.15, -0.1) is 0 Å². The summed E-state index contributed by atoms with van der Waals surface area (Å²) >= 11 is 5.91. The van der Waals surface area contributed by atoms with Crippen molar-refractivity contribution >= 4 is 28.5 Å². The fourth-order valence-corrected chi connectivity index (χ4v) is 2.58. The molecule has 0 aliphatic rings. The Bertz CT molecular complexity index is 876. The number of nitrogens with zero attached hydrogens (tertiary/aromatic N) is 2. The molecular formula is C18H17ClN2O4. The van der Waals surface area contributed by atoms with Crippen molar-refractivity contribution in [2.24, 2.45) is 0 Å². The lowest BCUT2D eigenvalue weighted by Crippen LogP contribution is -2.22. The van der Waals surface area contributed by atoms with Crippen LogP contribution in [-0.4, -0.2) is 45.3 Å². The average molecular weight is 361 g/mol. The second kappa shape index (κ2) is 7.65. The minimum absolute atomic E-state index is 0.176. The smallest absolute Gasteiger partial charge is 0.359 e. The van der Waals surface area contributed by atoms with E-state index in [1.807, 2.05) is 30.3 Å². The second-order valence-electron chi connectivity index (χ2n) is 5.58. The second-order valence-corrected chi connectivity index (χ2v) is 6.02. The Kier molecular flexibility index (Phi) is 5.33. The van der Waals surface area contributed by atoms with Gasteiger partial charge in [0.1, 0.15) is 12.7 Å². The fraction of sp³-hybridized carbons (Fsp3) is 0.222. The summed E-state index contributed by atoms with van der Waals surface area (Å²) < 4.78 is 6.75. The first-order chi connectivity index (χ1) is 12.1. The number of carbonyl (C=O) groups excluding carboxylic acids is 1. The topological polar surface area (TPSA) is 84.6 Å². The van der Waals surface area contributed by atoms with Gasteiger partial charge in [-0.2, -0.15) is 5.10 Å². The lowest BCUT2D eigenvalue weighted by molar-refractivity contribution is 0.00897. The van der Waals surface area contributed by atoms with Gasteiger partial charge in [0.15, 0.2) is 5.69 Å². The molecule has 2 N–H and O–H groups in total. The fourth-order valence-electron chi connectivity index (χ4n) is 2.45. The predicted octanol–water partition coefficient (Wildman–Crippen LogP) is 2.25. The minimum Gasteiger partial charge on any atom is -0.458 e. The number of hydrogen-bond donors (Lipinski definition) is 2. The van der Waals surface area contributed by atoms with Crippen LogP contribution in [0, 0.1) is 0 Å². The van der Waals surface area contributed by atoms with Gasteiger partial charge in [-0.05, 0) is 23.8 Å². The van der Waals surface area contributed by atoms with Crippen LogP contribution >= 0.6 is 11.6 Å². The molecule has 0 fully saturated rings. The number of halogens is 1. The summed E-state index contributed by atoms with van der Waals surface area (Å²) in [6.45, 7) is -0.281. The number of aliphatic hydroxyl groups is 2. The maximum atomic E-state index is 12.3. The Morgan fingerprint density at radius 3 is 2.64 bits per heavy atom. The molecule has 0 bridgehead atoms. The summed E-state index contributed by atoms with van der Waals surface area (Å²) in [5.74, 6) is -0.640. The van der Waals surface area contributed by atoms with Crippen LogP contribution in [0.15, 0.2) is 48.5 Å². The zero-order chi connectivity index (χ0) is 17.8. The molecule has 0 aliphatic heterocycles. The number of esters is 1. The quantitative estimate of drug-likeness (QED) is 0.659. The highest BCUT2D eigenvalue weighted by atomic mass is 35.5. The maximum absolute atomic E-state index is 12.3. The number of ether oxygens (including phenoxy) is 1. The molecule has 3 rings (SSSR count). The molecule has 6 nitrogen and oxygen atoms in total. The molecule has 130 valence electrons. The van der Waals surface area contributed by atoms with E-state index in [0.29, 0.717) is 17.0 Å². The first-order valence-corrected chi connectivity index (χ1v) is 8.12. The van der Waals surface area contributed by atoms with E-state index in [-0.39, 0.29) is 12.3 Å². The largest absolute Gasteiger partial charge is 0.458 e. The Hall–Kier alpha value is -2.41. The van der Waals surface area contributed by atoms with Gasteiger partial charge in [0.05, 0.1) is 18.7 Å². The molecule has 7 heteroatoms. The van der Waals surface area contributed by atoms with Crippen LogP contribution in [-0.2, 0) is 11.3 Å². The average Bonchev–Trinajstić information content (AvgIpc) is 3.00. The predicted molar refractivity (Wildman–Crippen MR) is 93.7 cm³/mol. The van der Waals surface area contributed by atoms with Crippen molar-refractivity contribution in [3.63, 3.8) is 0 Å². The summed E-state index contributed by atoms with van der Waals surface area (Å²) in [7, 11) is 0. The minimum atomic E-state index is -1.11. The molecule has 0 aliphatic carbocycles. The van der Waals surface area contributed by atoms with Crippen molar-refractivity contribution < 1.29 is 19.7 Å². The van der Waals surface area contributed by atoms with Gasteiger partial charge < -0.3 is 14.9 Å². The summed E-state index contributed by atoms with van der Waals surface area (Å²) in [4.78, 5) is 12.3. The van der Waals surface area contributed by atoms with E-state index in [1.54, 1.807) is 22.9 Å². The van der Waals surface area contributed by atoms with E-state index in [1.165, 1.54) is 0 Å². The van der Waals surface area contributed by atoms with Gasteiger partial charge in [0, 0.05) is 10.4 Å². The number of aliphatic hydroxyl groups excluding tert-OH is 2. The van der Waals surface area contributed by atoms with Crippen molar-refractivity contribution in [1.82, 2.24) is 9.78 Å². The van der Waals surface area contributed by atoms with E-state index < -0.39 is 18.7 Å². The Balaban J connectivity index is 1.89. The van der Waals surface area contributed by atoms with Gasteiger partial charge in [0.2, 0.25) is 0 Å². The summed E-state index contributed by atoms with van der Waals surface area (Å²) in [5, 5.41) is 23.8. The van der Waals surface area contributed by atoms with Gasteiger partial charge in [-0.3, -0.25) is 4.68 Å². The van der Waals surface area contributed by atoms with Crippen molar-refractivity contribution in [2.45, 2.75) is 12.6 Å². The number of hydrogen-bond acceptors (Lipinski definition) is 5. The van der Waals surface area contributed by atoms with E-state index in [4.69, 9.17) is 21.4 Å². The van der Waals surface area contributed by atoms with E-state index in [2.05, 4.69) is 5.10 Å². The van der Waals surface area contributed by atoms with Crippen molar-refractivity contribution in [2.75, 3.05) is 13.2 Å². The van der Waals surface area contributed by atoms with Crippen LogP contribution in [0.25, 0.3) is 10.9 Å². The van der Waals surface area contributed by atoms with Crippen molar-refractivity contribution in [3.8, 4) is 0 Å². The number of para-hydroxylation sites is 1. The molecule has 0 spiro atoms. The summed E-state index contributed by atoms with van der Waals surface area (Å²) in [6, 6.07) is 14.7. The van der Waals surface area contributed by atoms with E-state index >= 15 is 0 Å². The molecular weight excluding hydrogens is 344 g/mol. The van der Waals surface area contributed by atoms with E-state index in [9.17, 15) is 9.90 Å². The highest BCUT2D eigenvalue weighted by Gasteiger charge is 2.19. The van der Waals surface area contributed by atoms with Crippen molar-refractivity contribution in [1.29, 1.82) is 0 Å². The number of fused-ring (bicyclic) bond motifs is 1. The van der Waals surface area contributed by atoms with Gasteiger partial charge in [0.25, 0.3) is 0 Å². The van der Waals surface area contributed by atoms with E-state index in [0.717, 1.165) is 11.1 Å². The third-order valence-electron chi connectivity index (χ3n) is 3.71. The van der Waals surface area contributed by atoms with Crippen LogP contribution in [0.1, 0.15) is 16.1 Å². The molecule has 1 heterocycles. The first kappa shape index (κ1) is 17.4. The number of carbonyl (C=O) groups is 1. The number of aromatic nitrogens is 2. The molecule has 1 aromatic heterocycles. The Labute approximate surface area is 149 Å². The molecule has 2 aromatic carbocycles. The monoisotopic (exact) mass is 360 g/mol. The SMILES string of the molecule is O=C(OC[C@@H](O)CO)c1nn(Cc2ccc(Cl)cc2)c2ccccc12. The lowest BCUT2D eigenvalue weighted by atomic mass is 10.2. The standard InChI is InChI=1S/C18H17ClN2O4/c19-13-7-5-12(6-8-13)9-21-16-4-2-1-3-15(16)17(20-21)18(24)25-11-14(23)10-22/h1-8,14,22-23H,9-11H2/t14-/m0/s1. The van der Waals surface area contributed by atoms with Crippen LogP contribution in [0.3, 0.4) is 0 Å². The zero-order valence-electron chi connectivity index (χ0n) is 13.3. The molecule has 0 saturated heterocycles. The molecule has 1 atom stereocenters. The molecule has 0 unspecified atom stereocenters. The number of benzene rings is 2. The van der Waals surface area contributed by atoms with Crippen LogP contribution in [0.5, 0.6) is 0 Å². The van der Waals surface area contributed by atoms with Gasteiger partial charge in [-0.1, -0.05) is 41.9 Å². The Morgan fingerprint density at radius 2 is 1.92 bits per heavy atom. The molecule has 0 radical (unpaired) electrons. The molecule has 0 saturated carbocycles. The third kappa shape index (κ3) is 3.99.